The van der Waals surface area contributed by atoms with Crippen molar-refractivity contribution < 1.29 is 24.2 Å². The molecule has 0 bridgehead atoms. The molecule has 0 saturated carbocycles. The van der Waals surface area contributed by atoms with E-state index in [0.29, 0.717) is 0 Å². The van der Waals surface area contributed by atoms with Gasteiger partial charge in [-0.1, -0.05) is 6.07 Å². The zero-order chi connectivity index (χ0) is 14.3. The molecular weight excluding hydrogens is 255 g/mol. The van der Waals surface area contributed by atoms with E-state index in [9.17, 15) is 14.0 Å². The summed E-state index contributed by atoms with van der Waals surface area (Å²) in [6.45, 7) is -0.866. The van der Waals surface area contributed by atoms with E-state index in [4.69, 9.17) is 10.2 Å². The number of benzene rings is 1. The van der Waals surface area contributed by atoms with Crippen LogP contribution in [0.25, 0.3) is 0 Å². The Morgan fingerprint density at radius 2 is 2.05 bits per heavy atom. The fraction of sp³-hybridized carbons (Fsp3) is 0.333. The van der Waals surface area contributed by atoms with E-state index < -0.39 is 30.3 Å². The maximum Gasteiger partial charge on any atom is 0.251 e. The number of rotatable bonds is 6. The molecule has 0 radical (unpaired) electrons. The summed E-state index contributed by atoms with van der Waals surface area (Å²) in [5.74, 6) is -1.63. The van der Waals surface area contributed by atoms with E-state index >= 15 is 0 Å². The maximum absolute atomic E-state index is 12.9. The summed E-state index contributed by atoms with van der Waals surface area (Å²) in [5.41, 5.74) is 0.114. The van der Waals surface area contributed by atoms with E-state index in [0.717, 1.165) is 6.07 Å². The van der Waals surface area contributed by atoms with Crippen LogP contribution in [-0.4, -0.2) is 47.8 Å². The van der Waals surface area contributed by atoms with Crippen molar-refractivity contribution in [3.8, 4) is 0 Å². The van der Waals surface area contributed by atoms with Gasteiger partial charge in [0.25, 0.3) is 5.91 Å². The first-order chi connectivity index (χ1) is 9.02. The Morgan fingerprint density at radius 3 is 2.68 bits per heavy atom. The van der Waals surface area contributed by atoms with Crippen molar-refractivity contribution in [1.82, 2.24) is 10.6 Å². The molecule has 0 saturated heterocycles. The van der Waals surface area contributed by atoms with Crippen LogP contribution < -0.4 is 10.6 Å². The van der Waals surface area contributed by atoms with Gasteiger partial charge in [0.05, 0.1) is 19.3 Å². The second kappa shape index (κ2) is 7.45. The molecule has 0 aromatic heterocycles. The van der Waals surface area contributed by atoms with Crippen LogP contribution in [0.2, 0.25) is 0 Å². The lowest BCUT2D eigenvalue weighted by Crippen LogP contribution is -2.40. The summed E-state index contributed by atoms with van der Waals surface area (Å²) >= 11 is 0. The molecule has 0 aliphatic carbocycles. The van der Waals surface area contributed by atoms with Crippen LogP contribution in [0.1, 0.15) is 10.4 Å². The number of aliphatic hydroxyl groups excluding tert-OH is 2. The molecule has 2 amide bonds. The van der Waals surface area contributed by atoms with E-state index in [1.807, 2.05) is 0 Å². The molecular formula is C12H15FN2O4. The average molecular weight is 270 g/mol. The van der Waals surface area contributed by atoms with Gasteiger partial charge in [0.15, 0.2) is 0 Å². The molecule has 1 aromatic carbocycles. The van der Waals surface area contributed by atoms with Gasteiger partial charge in [0, 0.05) is 12.1 Å². The van der Waals surface area contributed by atoms with Crippen molar-refractivity contribution in [1.29, 1.82) is 0 Å². The molecule has 19 heavy (non-hydrogen) atoms. The summed E-state index contributed by atoms with van der Waals surface area (Å²) < 4.78 is 12.9. The van der Waals surface area contributed by atoms with Crippen molar-refractivity contribution in [2.75, 3.05) is 19.7 Å². The van der Waals surface area contributed by atoms with Gasteiger partial charge in [-0.3, -0.25) is 9.59 Å². The molecule has 1 unspecified atom stereocenters. The largest absolute Gasteiger partial charge is 0.394 e. The summed E-state index contributed by atoms with van der Waals surface area (Å²) in [4.78, 5) is 22.8. The number of amides is 2. The van der Waals surface area contributed by atoms with Crippen molar-refractivity contribution in [2.24, 2.45) is 0 Å². The van der Waals surface area contributed by atoms with Crippen LogP contribution in [0.3, 0.4) is 0 Å². The highest BCUT2D eigenvalue weighted by atomic mass is 19.1. The molecule has 0 aliphatic heterocycles. The van der Waals surface area contributed by atoms with E-state index in [2.05, 4.69) is 10.6 Å². The highest BCUT2D eigenvalue weighted by Crippen LogP contribution is 2.02. The number of halogens is 1. The monoisotopic (exact) mass is 270 g/mol. The normalized spacial score (nSPS) is 11.7. The highest BCUT2D eigenvalue weighted by molar-refractivity contribution is 5.96. The first-order valence-corrected chi connectivity index (χ1v) is 5.62. The number of carbonyl (C=O) groups excluding carboxylic acids is 2. The third kappa shape index (κ3) is 5.45. The van der Waals surface area contributed by atoms with Gasteiger partial charge in [0.2, 0.25) is 5.91 Å². The minimum atomic E-state index is -1.04. The van der Waals surface area contributed by atoms with Crippen LogP contribution in [0.5, 0.6) is 0 Å². The van der Waals surface area contributed by atoms with E-state index in [1.165, 1.54) is 18.2 Å². The minimum absolute atomic E-state index is 0.106. The topological polar surface area (TPSA) is 98.7 Å². The molecule has 7 heteroatoms. The first-order valence-electron chi connectivity index (χ1n) is 5.62. The molecule has 1 atom stereocenters. The molecule has 1 rings (SSSR count). The number of aliphatic hydroxyl groups is 2. The lowest BCUT2D eigenvalue weighted by atomic mass is 10.2. The number of nitrogens with one attached hydrogen (secondary N) is 2. The number of hydrogen-bond donors (Lipinski definition) is 4. The Hall–Kier alpha value is -1.99. The highest BCUT2D eigenvalue weighted by Gasteiger charge is 2.09. The Bertz CT molecular complexity index is 453. The molecule has 104 valence electrons. The predicted molar refractivity (Wildman–Crippen MR) is 64.8 cm³/mol. The standard InChI is InChI=1S/C12H15FN2O4/c13-9-3-1-2-8(4-9)12(19)15-6-11(18)14-5-10(17)7-16/h1-4,10,16-17H,5-7H2,(H,14,18)(H,15,19). The van der Waals surface area contributed by atoms with Gasteiger partial charge >= 0.3 is 0 Å². The van der Waals surface area contributed by atoms with Crippen molar-refractivity contribution in [3.05, 3.63) is 35.6 Å². The third-order valence-electron chi connectivity index (χ3n) is 2.24. The molecule has 0 fully saturated rings. The summed E-state index contributed by atoms with van der Waals surface area (Å²) in [5, 5.41) is 22.2. The zero-order valence-corrected chi connectivity index (χ0v) is 10.1. The SMILES string of the molecule is O=C(CNC(=O)c1cccc(F)c1)NCC(O)CO. The Labute approximate surface area is 109 Å². The average Bonchev–Trinajstić information content (AvgIpc) is 2.41. The van der Waals surface area contributed by atoms with E-state index in [1.54, 1.807) is 0 Å². The van der Waals surface area contributed by atoms with Crippen LogP contribution in [0.15, 0.2) is 24.3 Å². The summed E-state index contributed by atoms with van der Waals surface area (Å²) in [7, 11) is 0. The van der Waals surface area contributed by atoms with Crippen molar-refractivity contribution in [2.45, 2.75) is 6.10 Å². The molecule has 0 aliphatic rings. The van der Waals surface area contributed by atoms with Gasteiger partial charge in [0.1, 0.15) is 5.82 Å². The minimum Gasteiger partial charge on any atom is -0.394 e. The summed E-state index contributed by atoms with van der Waals surface area (Å²) in [6, 6.07) is 5.08. The summed E-state index contributed by atoms with van der Waals surface area (Å²) in [6.07, 6.45) is -1.04. The maximum atomic E-state index is 12.9. The molecule has 0 spiro atoms. The molecule has 6 nitrogen and oxygen atoms in total. The lowest BCUT2D eigenvalue weighted by Gasteiger charge is -2.09. The Balaban J connectivity index is 2.36. The Kier molecular flexibility index (Phi) is 5.91. The number of hydrogen-bond acceptors (Lipinski definition) is 4. The van der Waals surface area contributed by atoms with E-state index in [-0.39, 0.29) is 18.7 Å². The van der Waals surface area contributed by atoms with Gasteiger partial charge in [-0.05, 0) is 18.2 Å². The Morgan fingerprint density at radius 1 is 1.32 bits per heavy atom. The molecule has 1 aromatic rings. The second-order valence-electron chi connectivity index (χ2n) is 3.83. The van der Waals surface area contributed by atoms with Crippen LogP contribution in [-0.2, 0) is 4.79 Å². The van der Waals surface area contributed by atoms with Crippen LogP contribution >= 0.6 is 0 Å². The number of carbonyl (C=O) groups is 2. The predicted octanol–water partition coefficient (Wildman–Crippen LogP) is -0.975. The third-order valence-corrected chi connectivity index (χ3v) is 2.24. The zero-order valence-electron chi connectivity index (χ0n) is 10.1. The van der Waals surface area contributed by atoms with Gasteiger partial charge in [-0.15, -0.1) is 0 Å². The van der Waals surface area contributed by atoms with Crippen LogP contribution in [0.4, 0.5) is 4.39 Å². The fourth-order valence-electron chi connectivity index (χ4n) is 1.25. The first kappa shape index (κ1) is 15.1. The van der Waals surface area contributed by atoms with Crippen LogP contribution in [0, 0.1) is 5.82 Å². The molecule has 0 heterocycles. The van der Waals surface area contributed by atoms with Crippen molar-refractivity contribution >= 4 is 11.8 Å². The smallest absolute Gasteiger partial charge is 0.251 e. The van der Waals surface area contributed by atoms with Crippen molar-refractivity contribution in [3.63, 3.8) is 0 Å². The fourth-order valence-corrected chi connectivity index (χ4v) is 1.25. The second-order valence-corrected chi connectivity index (χ2v) is 3.83. The van der Waals surface area contributed by atoms with Gasteiger partial charge in [-0.25, -0.2) is 4.39 Å². The van der Waals surface area contributed by atoms with Gasteiger partial charge < -0.3 is 20.8 Å². The lowest BCUT2D eigenvalue weighted by molar-refractivity contribution is -0.120. The quantitative estimate of drug-likeness (QED) is 0.534. The molecule has 4 N–H and O–H groups in total. The van der Waals surface area contributed by atoms with Gasteiger partial charge in [-0.2, -0.15) is 0 Å².